The van der Waals surface area contributed by atoms with Crippen molar-refractivity contribution in [2.24, 2.45) is 7.05 Å². The first-order chi connectivity index (χ1) is 16.0. The molecule has 1 saturated heterocycles. The van der Waals surface area contributed by atoms with E-state index in [-0.39, 0.29) is 11.5 Å². The summed E-state index contributed by atoms with van der Waals surface area (Å²) in [5.41, 5.74) is 2.55. The molecule has 3 aromatic rings. The molecule has 1 amide bonds. The van der Waals surface area contributed by atoms with E-state index in [1.807, 2.05) is 11.0 Å². The summed E-state index contributed by atoms with van der Waals surface area (Å²) in [5.74, 6) is 0.428. The molecule has 0 spiro atoms. The zero-order valence-electron chi connectivity index (χ0n) is 19.2. The van der Waals surface area contributed by atoms with Crippen LogP contribution in [0.5, 0.6) is 0 Å². The second-order valence-corrected chi connectivity index (χ2v) is 11.0. The third kappa shape index (κ3) is 4.48. The highest BCUT2D eigenvalue weighted by atomic mass is 32.2. The topological polar surface area (TPSA) is 58.4 Å². The molecule has 1 fully saturated rings. The van der Waals surface area contributed by atoms with Gasteiger partial charge in [0.15, 0.2) is 5.16 Å². The highest BCUT2D eigenvalue weighted by Gasteiger charge is 2.26. The third-order valence-corrected chi connectivity index (χ3v) is 9.18. The Kier molecular flexibility index (Phi) is 6.58. The van der Waals surface area contributed by atoms with Crippen molar-refractivity contribution in [3.05, 3.63) is 56.7 Å². The molecule has 0 saturated carbocycles. The molecule has 1 aliphatic carbocycles. The lowest BCUT2D eigenvalue weighted by molar-refractivity contribution is -0.130. The van der Waals surface area contributed by atoms with Crippen LogP contribution in [0.1, 0.15) is 41.8 Å². The van der Waals surface area contributed by atoms with Crippen molar-refractivity contribution in [1.29, 1.82) is 0 Å². The number of piperazine rings is 1. The lowest BCUT2D eigenvalue weighted by Gasteiger charge is -2.38. The van der Waals surface area contributed by atoms with Gasteiger partial charge in [-0.2, -0.15) is 0 Å². The zero-order valence-corrected chi connectivity index (χ0v) is 20.9. The predicted octanol–water partition coefficient (Wildman–Crippen LogP) is 3.87. The van der Waals surface area contributed by atoms with E-state index in [2.05, 4.69) is 36.1 Å². The SMILES string of the molecule is C[C@@H](c1ccccc1)N1CCN(C(=O)CSc2nc3sc4c(c3c(=O)n2C)CCCC4)CC1. The molecular weight excluding hydrogens is 452 g/mol. The maximum absolute atomic E-state index is 13.1. The Hall–Kier alpha value is -2.16. The highest BCUT2D eigenvalue weighted by Crippen LogP contribution is 2.34. The fourth-order valence-corrected chi connectivity index (χ4v) is 7.09. The summed E-state index contributed by atoms with van der Waals surface area (Å²) in [6.45, 7) is 5.44. The van der Waals surface area contributed by atoms with E-state index in [4.69, 9.17) is 4.98 Å². The van der Waals surface area contributed by atoms with Gasteiger partial charge < -0.3 is 4.90 Å². The quantitative estimate of drug-likeness (QED) is 0.408. The molecule has 174 valence electrons. The Labute approximate surface area is 202 Å². The van der Waals surface area contributed by atoms with Gasteiger partial charge in [-0.3, -0.25) is 19.1 Å². The number of aryl methyl sites for hydroxylation is 2. The standard InChI is InChI=1S/C25H30N4O2S2/c1-17(18-8-4-3-5-9-18)28-12-14-29(15-13-28)21(30)16-32-25-26-23-22(24(31)27(25)2)19-10-6-7-11-20(19)33-23/h3-5,8-9,17H,6-7,10-16H2,1-2H3/t17-/m0/s1. The maximum Gasteiger partial charge on any atom is 0.262 e. The lowest BCUT2D eigenvalue weighted by atomic mass is 9.97. The molecule has 0 unspecified atom stereocenters. The van der Waals surface area contributed by atoms with E-state index in [0.29, 0.717) is 17.0 Å². The average Bonchev–Trinajstić information content (AvgIpc) is 3.24. The fraction of sp³-hybridized carbons (Fsp3) is 0.480. The Morgan fingerprint density at radius 2 is 1.85 bits per heavy atom. The van der Waals surface area contributed by atoms with Crippen LogP contribution in [-0.4, -0.2) is 57.2 Å². The van der Waals surface area contributed by atoms with Gasteiger partial charge in [0.2, 0.25) is 5.91 Å². The number of rotatable bonds is 5. The van der Waals surface area contributed by atoms with Gasteiger partial charge in [-0.05, 0) is 43.7 Å². The minimum atomic E-state index is 0.0258. The summed E-state index contributed by atoms with van der Waals surface area (Å²) < 4.78 is 1.63. The maximum atomic E-state index is 13.1. The van der Waals surface area contributed by atoms with Crippen molar-refractivity contribution in [3.8, 4) is 0 Å². The van der Waals surface area contributed by atoms with Gasteiger partial charge in [0.05, 0.1) is 11.1 Å². The molecule has 1 aromatic carbocycles. The van der Waals surface area contributed by atoms with Gasteiger partial charge in [-0.15, -0.1) is 11.3 Å². The van der Waals surface area contributed by atoms with Crippen LogP contribution in [0.3, 0.4) is 0 Å². The van der Waals surface area contributed by atoms with E-state index in [1.165, 1.54) is 34.2 Å². The molecular formula is C25H30N4O2S2. The number of hydrogen-bond acceptors (Lipinski definition) is 6. The largest absolute Gasteiger partial charge is 0.339 e. The van der Waals surface area contributed by atoms with Crippen molar-refractivity contribution in [3.63, 3.8) is 0 Å². The molecule has 0 radical (unpaired) electrons. The third-order valence-electron chi connectivity index (χ3n) is 6.98. The number of thiophene rings is 1. The Balaban J connectivity index is 1.22. The number of thioether (sulfide) groups is 1. The van der Waals surface area contributed by atoms with E-state index < -0.39 is 0 Å². The highest BCUT2D eigenvalue weighted by molar-refractivity contribution is 7.99. The Bertz CT molecular complexity index is 1210. The summed E-state index contributed by atoms with van der Waals surface area (Å²) in [6, 6.07) is 10.9. The summed E-state index contributed by atoms with van der Waals surface area (Å²) in [6.07, 6.45) is 4.36. The molecule has 8 heteroatoms. The first-order valence-corrected chi connectivity index (χ1v) is 13.5. The summed E-state index contributed by atoms with van der Waals surface area (Å²) >= 11 is 3.04. The molecule has 6 nitrogen and oxygen atoms in total. The number of carbonyl (C=O) groups is 1. The molecule has 2 aliphatic rings. The van der Waals surface area contributed by atoms with Crippen LogP contribution >= 0.6 is 23.1 Å². The second-order valence-electron chi connectivity index (χ2n) is 8.94. The zero-order chi connectivity index (χ0) is 22.9. The van der Waals surface area contributed by atoms with E-state index >= 15 is 0 Å². The molecule has 1 aliphatic heterocycles. The van der Waals surface area contributed by atoms with Crippen molar-refractivity contribution in [2.75, 3.05) is 31.9 Å². The van der Waals surface area contributed by atoms with Crippen LogP contribution in [0.25, 0.3) is 10.2 Å². The number of benzene rings is 1. The first-order valence-electron chi connectivity index (χ1n) is 11.7. The van der Waals surface area contributed by atoms with Gasteiger partial charge in [0.25, 0.3) is 5.56 Å². The number of amides is 1. The van der Waals surface area contributed by atoms with Crippen molar-refractivity contribution in [1.82, 2.24) is 19.4 Å². The molecule has 1 atom stereocenters. The number of aromatic nitrogens is 2. The second kappa shape index (κ2) is 9.60. The van der Waals surface area contributed by atoms with Gasteiger partial charge in [0, 0.05) is 44.1 Å². The lowest BCUT2D eigenvalue weighted by Crippen LogP contribution is -2.49. The van der Waals surface area contributed by atoms with Gasteiger partial charge >= 0.3 is 0 Å². The molecule has 0 bridgehead atoms. The van der Waals surface area contributed by atoms with Crippen molar-refractivity contribution in [2.45, 2.75) is 43.8 Å². The van der Waals surface area contributed by atoms with Crippen LogP contribution in [0.15, 0.2) is 40.3 Å². The number of nitrogens with zero attached hydrogens (tertiary/aromatic N) is 4. The first kappa shape index (κ1) is 22.6. The van der Waals surface area contributed by atoms with Crippen LogP contribution < -0.4 is 5.56 Å². The summed E-state index contributed by atoms with van der Waals surface area (Å²) in [7, 11) is 1.78. The van der Waals surface area contributed by atoms with Crippen molar-refractivity contribution >= 4 is 39.2 Å². The van der Waals surface area contributed by atoms with Crippen LogP contribution in [-0.2, 0) is 24.7 Å². The van der Waals surface area contributed by atoms with Gasteiger partial charge in [0.1, 0.15) is 4.83 Å². The van der Waals surface area contributed by atoms with Gasteiger partial charge in [-0.1, -0.05) is 42.1 Å². The monoisotopic (exact) mass is 482 g/mol. The molecule has 5 rings (SSSR count). The molecule has 3 heterocycles. The molecule has 33 heavy (non-hydrogen) atoms. The average molecular weight is 483 g/mol. The number of carbonyl (C=O) groups excluding carboxylic acids is 1. The number of fused-ring (bicyclic) bond motifs is 3. The van der Waals surface area contributed by atoms with Crippen molar-refractivity contribution < 1.29 is 4.79 Å². The van der Waals surface area contributed by atoms with Crippen LogP contribution in [0.2, 0.25) is 0 Å². The van der Waals surface area contributed by atoms with Gasteiger partial charge in [-0.25, -0.2) is 4.98 Å². The molecule has 2 aromatic heterocycles. The minimum absolute atomic E-state index is 0.0258. The van der Waals surface area contributed by atoms with Crippen LogP contribution in [0, 0.1) is 0 Å². The summed E-state index contributed by atoms with van der Waals surface area (Å²) in [5, 5.41) is 1.44. The number of hydrogen-bond donors (Lipinski definition) is 0. The normalized spacial score (nSPS) is 17.8. The summed E-state index contributed by atoms with van der Waals surface area (Å²) in [4.78, 5) is 37.3. The Morgan fingerprint density at radius 3 is 2.61 bits per heavy atom. The molecule has 0 N–H and O–H groups in total. The van der Waals surface area contributed by atoms with E-state index in [9.17, 15) is 9.59 Å². The predicted molar refractivity (Wildman–Crippen MR) is 135 cm³/mol. The Morgan fingerprint density at radius 1 is 1.12 bits per heavy atom. The fourth-order valence-electron chi connectivity index (χ4n) is 4.91. The smallest absolute Gasteiger partial charge is 0.262 e. The van der Waals surface area contributed by atoms with E-state index in [1.54, 1.807) is 23.0 Å². The van der Waals surface area contributed by atoms with Crippen LogP contribution in [0.4, 0.5) is 0 Å². The minimum Gasteiger partial charge on any atom is -0.339 e. The van der Waals surface area contributed by atoms with E-state index in [0.717, 1.165) is 55.7 Å².